The van der Waals surface area contributed by atoms with Crippen molar-refractivity contribution in [3.63, 3.8) is 0 Å². The van der Waals surface area contributed by atoms with Crippen LogP contribution in [0.2, 0.25) is 0 Å². The molecule has 0 aromatic heterocycles. The van der Waals surface area contributed by atoms with E-state index in [0.29, 0.717) is 5.56 Å². The molecule has 5 heteroatoms. The summed E-state index contributed by atoms with van der Waals surface area (Å²) in [7, 11) is 0. The van der Waals surface area contributed by atoms with Gasteiger partial charge in [0, 0.05) is 0 Å². The average Bonchev–Trinajstić information content (AvgIpc) is 2.50. The first kappa shape index (κ1) is 15.0. The van der Waals surface area contributed by atoms with Crippen LogP contribution in [0.25, 0.3) is 0 Å². The molecule has 2 rings (SSSR count). The number of hydrogen-bond donors (Lipinski definition) is 2. The number of hydrogen-bond acceptors (Lipinski definition) is 3. The van der Waals surface area contributed by atoms with Crippen LogP contribution in [0.3, 0.4) is 0 Å². The van der Waals surface area contributed by atoms with Gasteiger partial charge < -0.3 is 4.74 Å². The smallest absolute Gasteiger partial charge is 0.238 e. The van der Waals surface area contributed by atoms with E-state index in [1.54, 1.807) is 25.1 Å². The molecule has 0 saturated carbocycles. The molecule has 3 N–H and O–H groups in total. The molecule has 0 atom stereocenters. The van der Waals surface area contributed by atoms with Crippen molar-refractivity contribution >= 4 is 5.91 Å². The number of ether oxygens (including phenoxy) is 1. The number of amides is 1. The fourth-order valence-electron chi connectivity index (χ4n) is 1.88. The monoisotopic (exact) mass is 288 g/mol. The van der Waals surface area contributed by atoms with E-state index in [-0.39, 0.29) is 30.5 Å². The van der Waals surface area contributed by atoms with Gasteiger partial charge in [-0.05, 0) is 29.7 Å². The highest BCUT2D eigenvalue weighted by Crippen LogP contribution is 2.20. The van der Waals surface area contributed by atoms with Crippen LogP contribution in [0.4, 0.5) is 4.39 Å². The predicted molar refractivity (Wildman–Crippen MR) is 77.9 cm³/mol. The number of nitrogens with two attached hydrogens (primary N) is 1. The minimum atomic E-state index is -0.339. The van der Waals surface area contributed by atoms with Crippen molar-refractivity contribution in [3.05, 3.63) is 65.0 Å². The molecule has 0 aliphatic heterocycles. The van der Waals surface area contributed by atoms with Crippen LogP contribution in [0.1, 0.15) is 16.7 Å². The van der Waals surface area contributed by atoms with Gasteiger partial charge in [-0.15, -0.1) is 0 Å². The first-order valence-electron chi connectivity index (χ1n) is 6.55. The Morgan fingerprint density at radius 2 is 1.86 bits per heavy atom. The van der Waals surface area contributed by atoms with Crippen molar-refractivity contribution in [1.82, 2.24) is 5.43 Å². The fraction of sp³-hybridized carbons (Fsp3) is 0.188. The molecule has 2 aromatic rings. The Kier molecular flexibility index (Phi) is 4.90. The molecule has 0 fully saturated rings. The van der Waals surface area contributed by atoms with Crippen LogP contribution in [-0.4, -0.2) is 5.91 Å². The summed E-state index contributed by atoms with van der Waals surface area (Å²) in [4.78, 5) is 11.1. The zero-order chi connectivity index (χ0) is 15.2. The first-order valence-corrected chi connectivity index (χ1v) is 6.55. The Bertz CT molecular complexity index is 627. The minimum absolute atomic E-state index is 0.226. The summed E-state index contributed by atoms with van der Waals surface area (Å²) >= 11 is 0. The van der Waals surface area contributed by atoms with Gasteiger partial charge in [0.1, 0.15) is 6.61 Å². The highest BCUT2D eigenvalue weighted by atomic mass is 19.1. The number of carbonyl (C=O) groups is 1. The van der Waals surface area contributed by atoms with Crippen LogP contribution in [0.5, 0.6) is 5.75 Å². The molecule has 0 aliphatic carbocycles. The topological polar surface area (TPSA) is 64.3 Å². The summed E-state index contributed by atoms with van der Waals surface area (Å²) in [6.07, 6.45) is 0.226. The van der Waals surface area contributed by atoms with Crippen molar-refractivity contribution in [1.29, 1.82) is 0 Å². The van der Waals surface area contributed by atoms with E-state index >= 15 is 0 Å². The SMILES string of the molecule is Cc1cccc(OCc2ccc(CC(=O)NN)cc2)c1F. The first-order chi connectivity index (χ1) is 10.1. The van der Waals surface area contributed by atoms with Gasteiger partial charge >= 0.3 is 0 Å². The Labute approximate surface area is 122 Å². The second kappa shape index (κ2) is 6.85. The van der Waals surface area contributed by atoms with Crippen molar-refractivity contribution in [2.24, 2.45) is 5.84 Å². The lowest BCUT2D eigenvalue weighted by Gasteiger charge is -2.09. The molecule has 0 bridgehead atoms. The number of halogens is 1. The van der Waals surface area contributed by atoms with Crippen molar-refractivity contribution < 1.29 is 13.9 Å². The van der Waals surface area contributed by atoms with E-state index < -0.39 is 0 Å². The van der Waals surface area contributed by atoms with E-state index in [1.807, 2.05) is 24.3 Å². The van der Waals surface area contributed by atoms with Gasteiger partial charge in [0.25, 0.3) is 0 Å². The predicted octanol–water partition coefficient (Wildman–Crippen LogP) is 2.25. The maximum absolute atomic E-state index is 13.8. The third kappa shape index (κ3) is 4.03. The highest BCUT2D eigenvalue weighted by Gasteiger charge is 2.06. The van der Waals surface area contributed by atoms with Crippen LogP contribution in [-0.2, 0) is 17.8 Å². The normalized spacial score (nSPS) is 10.2. The van der Waals surface area contributed by atoms with Crippen molar-refractivity contribution in [2.75, 3.05) is 0 Å². The van der Waals surface area contributed by atoms with Crippen LogP contribution in [0, 0.1) is 12.7 Å². The summed E-state index contributed by atoms with van der Waals surface area (Å²) in [6.45, 7) is 1.96. The zero-order valence-corrected chi connectivity index (χ0v) is 11.7. The van der Waals surface area contributed by atoms with Gasteiger partial charge in [-0.25, -0.2) is 10.2 Å². The molecule has 0 aliphatic rings. The van der Waals surface area contributed by atoms with Crippen molar-refractivity contribution in [3.8, 4) is 5.75 Å². The number of rotatable bonds is 5. The molecule has 0 unspecified atom stereocenters. The summed E-state index contributed by atoms with van der Waals surface area (Å²) < 4.78 is 19.2. The summed E-state index contributed by atoms with van der Waals surface area (Å²) in [5.41, 5.74) is 4.38. The van der Waals surface area contributed by atoms with Crippen molar-refractivity contribution in [2.45, 2.75) is 20.0 Å². The molecule has 0 saturated heterocycles. The third-order valence-corrected chi connectivity index (χ3v) is 3.10. The highest BCUT2D eigenvalue weighted by molar-refractivity contribution is 5.77. The third-order valence-electron chi connectivity index (χ3n) is 3.10. The van der Waals surface area contributed by atoms with Gasteiger partial charge in [0.05, 0.1) is 6.42 Å². The second-order valence-corrected chi connectivity index (χ2v) is 4.74. The molecule has 2 aromatic carbocycles. The van der Waals surface area contributed by atoms with Gasteiger partial charge in [-0.2, -0.15) is 0 Å². The molecule has 4 nitrogen and oxygen atoms in total. The molecule has 0 spiro atoms. The van der Waals surface area contributed by atoms with Gasteiger partial charge in [-0.3, -0.25) is 10.2 Å². The van der Waals surface area contributed by atoms with E-state index in [2.05, 4.69) is 5.43 Å². The molecule has 21 heavy (non-hydrogen) atoms. The van der Waals surface area contributed by atoms with Gasteiger partial charge in [0.15, 0.2) is 11.6 Å². The van der Waals surface area contributed by atoms with E-state index in [9.17, 15) is 9.18 Å². The number of aryl methyl sites for hydroxylation is 1. The molecule has 0 heterocycles. The molecular formula is C16H17FN2O2. The lowest BCUT2D eigenvalue weighted by molar-refractivity contribution is -0.120. The molecule has 1 amide bonds. The Balaban J connectivity index is 1.97. The van der Waals surface area contributed by atoms with E-state index in [0.717, 1.165) is 11.1 Å². The zero-order valence-electron chi connectivity index (χ0n) is 11.7. The summed E-state index contributed by atoms with van der Waals surface area (Å²) in [6, 6.07) is 12.4. The van der Waals surface area contributed by atoms with Gasteiger partial charge in [-0.1, -0.05) is 36.4 Å². The lowest BCUT2D eigenvalue weighted by Crippen LogP contribution is -2.31. The van der Waals surface area contributed by atoms with E-state index in [4.69, 9.17) is 10.6 Å². The quantitative estimate of drug-likeness (QED) is 0.504. The largest absolute Gasteiger partial charge is 0.486 e. The standard InChI is InChI=1S/C16H17FN2O2/c1-11-3-2-4-14(16(11)17)21-10-13-7-5-12(6-8-13)9-15(20)19-18/h2-8H,9-10,18H2,1H3,(H,19,20). The fourth-order valence-corrected chi connectivity index (χ4v) is 1.88. The minimum Gasteiger partial charge on any atom is -0.486 e. The summed E-state index contributed by atoms with van der Waals surface area (Å²) in [5, 5.41) is 0. The lowest BCUT2D eigenvalue weighted by atomic mass is 10.1. The Hall–Kier alpha value is -2.40. The summed E-state index contributed by atoms with van der Waals surface area (Å²) in [5.74, 6) is 4.68. The number of benzene rings is 2. The number of carbonyl (C=O) groups excluding carboxylic acids is 1. The number of hydrazine groups is 1. The molecule has 110 valence electrons. The Morgan fingerprint density at radius 1 is 1.19 bits per heavy atom. The van der Waals surface area contributed by atoms with Crippen LogP contribution in [0.15, 0.2) is 42.5 Å². The molecule has 0 radical (unpaired) electrons. The number of nitrogens with one attached hydrogen (secondary N) is 1. The average molecular weight is 288 g/mol. The molecular weight excluding hydrogens is 271 g/mol. The Morgan fingerprint density at radius 3 is 2.52 bits per heavy atom. The van der Waals surface area contributed by atoms with Gasteiger partial charge in [0.2, 0.25) is 5.91 Å². The van der Waals surface area contributed by atoms with E-state index in [1.165, 1.54) is 0 Å². The van der Waals surface area contributed by atoms with Crippen LogP contribution < -0.4 is 16.0 Å². The second-order valence-electron chi connectivity index (χ2n) is 4.74. The maximum Gasteiger partial charge on any atom is 0.238 e. The van der Waals surface area contributed by atoms with Crippen LogP contribution >= 0.6 is 0 Å². The maximum atomic E-state index is 13.8.